The van der Waals surface area contributed by atoms with Crippen molar-refractivity contribution in [3.8, 4) is 11.3 Å². The van der Waals surface area contributed by atoms with E-state index in [1.54, 1.807) is 7.11 Å². The molecular formula is C24H34N2O2. The Bertz CT molecular complexity index is 890. The Kier molecular flexibility index (Phi) is 5.46. The fraction of sp³-hybridized carbons (Fsp3) is 0.542. The molecule has 0 aliphatic heterocycles. The summed E-state index contributed by atoms with van der Waals surface area (Å²) in [6, 6.07) is 8.78. The summed E-state index contributed by atoms with van der Waals surface area (Å²) >= 11 is 0. The SMILES string of the molecule is COCCCn1c(-c2ccc3c(c2)C(C)(C)CCC3(C)C)cc(C(N)=O)c1C. The number of nitrogens with zero attached hydrogens (tertiary/aromatic N) is 1. The number of methoxy groups -OCH3 is 1. The molecule has 0 radical (unpaired) electrons. The monoisotopic (exact) mass is 382 g/mol. The van der Waals surface area contributed by atoms with Crippen LogP contribution in [0.3, 0.4) is 0 Å². The van der Waals surface area contributed by atoms with Crippen molar-refractivity contribution in [3.05, 3.63) is 46.6 Å². The van der Waals surface area contributed by atoms with Crippen molar-refractivity contribution in [2.75, 3.05) is 13.7 Å². The third-order valence-electron chi connectivity index (χ3n) is 6.51. The second-order valence-electron chi connectivity index (χ2n) is 9.42. The van der Waals surface area contributed by atoms with E-state index in [1.807, 2.05) is 13.0 Å². The number of carbonyl (C=O) groups is 1. The number of rotatable bonds is 6. The molecule has 1 aliphatic carbocycles. The van der Waals surface area contributed by atoms with E-state index in [-0.39, 0.29) is 16.7 Å². The largest absolute Gasteiger partial charge is 0.385 e. The first-order valence-corrected chi connectivity index (χ1v) is 10.2. The van der Waals surface area contributed by atoms with E-state index in [2.05, 4.69) is 50.5 Å². The highest BCUT2D eigenvalue weighted by molar-refractivity contribution is 5.95. The average Bonchev–Trinajstić information content (AvgIpc) is 2.96. The lowest BCUT2D eigenvalue weighted by molar-refractivity contribution is 0.0999. The smallest absolute Gasteiger partial charge is 0.250 e. The van der Waals surface area contributed by atoms with Gasteiger partial charge in [-0.15, -0.1) is 0 Å². The van der Waals surface area contributed by atoms with Gasteiger partial charge in [0.25, 0.3) is 5.91 Å². The van der Waals surface area contributed by atoms with Gasteiger partial charge in [0.1, 0.15) is 0 Å². The number of primary amides is 1. The van der Waals surface area contributed by atoms with Crippen molar-refractivity contribution in [1.82, 2.24) is 4.57 Å². The number of nitrogens with two attached hydrogens (primary N) is 1. The van der Waals surface area contributed by atoms with E-state index in [0.29, 0.717) is 12.2 Å². The molecule has 1 aromatic carbocycles. The van der Waals surface area contributed by atoms with E-state index >= 15 is 0 Å². The molecule has 2 N–H and O–H groups in total. The molecule has 28 heavy (non-hydrogen) atoms. The van der Waals surface area contributed by atoms with E-state index in [1.165, 1.54) is 24.0 Å². The van der Waals surface area contributed by atoms with Crippen LogP contribution in [0.1, 0.15) is 74.1 Å². The molecule has 1 heterocycles. The van der Waals surface area contributed by atoms with Gasteiger partial charge in [-0.05, 0) is 65.8 Å². The van der Waals surface area contributed by atoms with Crippen molar-refractivity contribution >= 4 is 5.91 Å². The van der Waals surface area contributed by atoms with Gasteiger partial charge >= 0.3 is 0 Å². The summed E-state index contributed by atoms with van der Waals surface area (Å²) in [5, 5.41) is 0. The summed E-state index contributed by atoms with van der Waals surface area (Å²) < 4.78 is 7.43. The van der Waals surface area contributed by atoms with Crippen LogP contribution in [0.5, 0.6) is 0 Å². The summed E-state index contributed by atoms with van der Waals surface area (Å²) in [5.41, 5.74) is 12.6. The van der Waals surface area contributed by atoms with Crippen molar-refractivity contribution < 1.29 is 9.53 Å². The first kappa shape index (κ1) is 20.7. The zero-order chi connectivity index (χ0) is 20.7. The number of aromatic nitrogens is 1. The second-order valence-corrected chi connectivity index (χ2v) is 9.42. The molecular weight excluding hydrogens is 348 g/mol. The van der Waals surface area contributed by atoms with Crippen LogP contribution >= 0.6 is 0 Å². The molecule has 1 aliphatic rings. The lowest BCUT2D eigenvalue weighted by atomic mass is 9.63. The molecule has 4 heteroatoms. The Morgan fingerprint density at radius 3 is 2.36 bits per heavy atom. The Balaban J connectivity index is 2.13. The molecule has 0 saturated heterocycles. The Hall–Kier alpha value is -2.07. The van der Waals surface area contributed by atoms with Gasteiger partial charge in [0.05, 0.1) is 5.56 Å². The van der Waals surface area contributed by atoms with Crippen LogP contribution in [0.15, 0.2) is 24.3 Å². The second kappa shape index (κ2) is 7.40. The van der Waals surface area contributed by atoms with Crippen molar-refractivity contribution in [3.63, 3.8) is 0 Å². The molecule has 4 nitrogen and oxygen atoms in total. The highest BCUT2D eigenvalue weighted by atomic mass is 16.5. The van der Waals surface area contributed by atoms with Crippen LogP contribution < -0.4 is 5.73 Å². The van der Waals surface area contributed by atoms with E-state index < -0.39 is 0 Å². The standard InChI is InChI=1S/C24H34N2O2/c1-16-18(22(25)27)15-21(26(16)12-7-13-28-6)17-8-9-19-20(14-17)24(4,5)11-10-23(19,2)3/h8-9,14-15H,7,10-13H2,1-6H3,(H2,25,27). The number of amides is 1. The molecule has 0 saturated carbocycles. The number of fused-ring (bicyclic) bond motifs is 1. The molecule has 1 aromatic heterocycles. The first-order chi connectivity index (χ1) is 13.1. The third kappa shape index (κ3) is 3.62. The number of ether oxygens (including phenoxy) is 1. The predicted molar refractivity (Wildman–Crippen MR) is 115 cm³/mol. The maximum atomic E-state index is 12.0. The van der Waals surface area contributed by atoms with Crippen LogP contribution in [-0.4, -0.2) is 24.2 Å². The minimum atomic E-state index is -0.372. The summed E-state index contributed by atoms with van der Waals surface area (Å²) in [6.45, 7) is 12.8. The highest BCUT2D eigenvalue weighted by Gasteiger charge is 2.37. The molecule has 152 valence electrons. The van der Waals surface area contributed by atoms with Crippen molar-refractivity contribution in [1.29, 1.82) is 0 Å². The van der Waals surface area contributed by atoms with E-state index in [0.717, 1.165) is 29.9 Å². The summed E-state index contributed by atoms with van der Waals surface area (Å²) in [6.07, 6.45) is 3.27. The summed E-state index contributed by atoms with van der Waals surface area (Å²) in [5.74, 6) is -0.372. The zero-order valence-corrected chi connectivity index (χ0v) is 18.2. The topological polar surface area (TPSA) is 57.2 Å². The van der Waals surface area contributed by atoms with Crippen LogP contribution in [0.2, 0.25) is 0 Å². The minimum absolute atomic E-state index is 0.149. The average molecular weight is 383 g/mol. The fourth-order valence-electron chi connectivity index (χ4n) is 4.54. The van der Waals surface area contributed by atoms with Gasteiger partial charge in [-0.25, -0.2) is 0 Å². The van der Waals surface area contributed by atoms with Crippen molar-refractivity contribution in [2.45, 2.75) is 71.3 Å². The predicted octanol–water partition coefficient (Wildman–Crippen LogP) is 4.95. The Morgan fingerprint density at radius 1 is 1.11 bits per heavy atom. The molecule has 0 spiro atoms. The van der Waals surface area contributed by atoms with E-state index in [9.17, 15) is 4.79 Å². The lowest BCUT2D eigenvalue weighted by Crippen LogP contribution is -2.33. The fourth-order valence-corrected chi connectivity index (χ4v) is 4.54. The zero-order valence-electron chi connectivity index (χ0n) is 18.2. The number of benzene rings is 1. The summed E-state index contributed by atoms with van der Waals surface area (Å²) in [7, 11) is 1.71. The number of carbonyl (C=O) groups excluding carboxylic acids is 1. The van der Waals surface area contributed by atoms with Gasteiger partial charge in [-0.1, -0.05) is 39.8 Å². The number of hydrogen-bond donors (Lipinski definition) is 1. The van der Waals surface area contributed by atoms with Gasteiger partial charge in [0, 0.05) is 31.6 Å². The molecule has 2 aromatic rings. The normalized spacial score (nSPS) is 17.4. The van der Waals surface area contributed by atoms with Crippen LogP contribution in [0, 0.1) is 6.92 Å². The van der Waals surface area contributed by atoms with Gasteiger partial charge in [0.2, 0.25) is 0 Å². The summed E-state index contributed by atoms with van der Waals surface area (Å²) in [4.78, 5) is 12.0. The van der Waals surface area contributed by atoms with Gasteiger partial charge in [-0.2, -0.15) is 0 Å². The third-order valence-corrected chi connectivity index (χ3v) is 6.51. The Labute approximate surface area is 169 Å². The van der Waals surface area contributed by atoms with Gasteiger partial charge in [-0.3, -0.25) is 4.79 Å². The molecule has 0 unspecified atom stereocenters. The maximum absolute atomic E-state index is 12.0. The number of hydrogen-bond acceptors (Lipinski definition) is 2. The maximum Gasteiger partial charge on any atom is 0.250 e. The molecule has 0 fully saturated rings. The van der Waals surface area contributed by atoms with E-state index in [4.69, 9.17) is 10.5 Å². The highest BCUT2D eigenvalue weighted by Crippen LogP contribution is 2.47. The lowest BCUT2D eigenvalue weighted by Gasteiger charge is -2.42. The first-order valence-electron chi connectivity index (χ1n) is 10.2. The molecule has 3 rings (SSSR count). The molecule has 0 atom stereocenters. The van der Waals surface area contributed by atoms with Crippen molar-refractivity contribution in [2.24, 2.45) is 5.73 Å². The molecule has 0 bridgehead atoms. The van der Waals surface area contributed by atoms with Gasteiger partial charge < -0.3 is 15.0 Å². The minimum Gasteiger partial charge on any atom is -0.385 e. The Morgan fingerprint density at radius 2 is 1.75 bits per heavy atom. The van der Waals surface area contributed by atoms with Crippen LogP contribution in [0.25, 0.3) is 11.3 Å². The molecule has 1 amide bonds. The van der Waals surface area contributed by atoms with Gasteiger partial charge in [0.15, 0.2) is 0 Å². The van der Waals surface area contributed by atoms with Crippen LogP contribution in [-0.2, 0) is 22.1 Å². The quantitative estimate of drug-likeness (QED) is 0.719. The van der Waals surface area contributed by atoms with Crippen LogP contribution in [0.4, 0.5) is 0 Å².